The van der Waals surface area contributed by atoms with Crippen molar-refractivity contribution in [2.45, 2.75) is 42.3 Å². The minimum Gasteiger partial charge on any atom is -0.507 e. The monoisotopic (exact) mass is 699 g/mol. The Morgan fingerprint density at radius 3 is 2.49 bits per heavy atom. The van der Waals surface area contributed by atoms with E-state index in [1.54, 1.807) is 18.2 Å². The predicted octanol–water partition coefficient (Wildman–Crippen LogP) is 8.34. The summed E-state index contributed by atoms with van der Waals surface area (Å²) in [6, 6.07) is 22.0. The first-order valence-corrected chi connectivity index (χ1v) is 17.5. The molecule has 1 aromatic heterocycles. The van der Waals surface area contributed by atoms with E-state index in [0.29, 0.717) is 33.8 Å². The first-order chi connectivity index (χ1) is 23.8. The van der Waals surface area contributed by atoms with Gasteiger partial charge in [-0.05, 0) is 58.7 Å². The van der Waals surface area contributed by atoms with Crippen LogP contribution in [0, 0.1) is 5.82 Å². The molecule has 6 rings (SSSR count). The van der Waals surface area contributed by atoms with Crippen molar-refractivity contribution >= 4 is 56.5 Å². The maximum Gasteiger partial charge on any atom is 0.301 e. The number of amides is 1. The zero-order chi connectivity index (χ0) is 34.5. The number of hydrogen-bond acceptors (Lipinski definition) is 10. The molecule has 1 amide bonds. The maximum absolute atomic E-state index is 14.7. The number of fused-ring (bicyclic) bond motifs is 1. The highest BCUT2D eigenvalue weighted by molar-refractivity contribution is 8.00. The molecular formula is C37H34FN3O6S2. The second kappa shape index (κ2) is 15.1. The van der Waals surface area contributed by atoms with Crippen LogP contribution in [-0.4, -0.2) is 47.8 Å². The van der Waals surface area contributed by atoms with Crippen molar-refractivity contribution in [2.24, 2.45) is 0 Å². The summed E-state index contributed by atoms with van der Waals surface area (Å²) in [7, 11) is 2.82. The smallest absolute Gasteiger partial charge is 0.301 e. The average molecular weight is 700 g/mol. The van der Waals surface area contributed by atoms with Gasteiger partial charge in [-0.1, -0.05) is 91.4 Å². The fraction of sp³-hybridized carbons (Fsp3) is 0.243. The lowest BCUT2D eigenvalue weighted by atomic mass is 9.95. The Hall–Kier alpha value is -4.94. The molecule has 1 saturated heterocycles. The number of aliphatic hydroxyl groups is 1. The average Bonchev–Trinajstić information content (AvgIpc) is 3.70. The summed E-state index contributed by atoms with van der Waals surface area (Å²) in [5.41, 5.74) is 1.35. The summed E-state index contributed by atoms with van der Waals surface area (Å²) >= 11 is 2.63. The SMILES string of the molecule is CCCCCOc1ccc(C2/C(=C(\O)c3ccc(OC)c(F)c3)C(=O)C(=O)N2c2nnc(SCc3cccc4ccccc34)s2)cc1OC. The van der Waals surface area contributed by atoms with Crippen LogP contribution >= 0.6 is 23.1 Å². The molecule has 1 fully saturated rings. The Morgan fingerprint density at radius 2 is 1.71 bits per heavy atom. The van der Waals surface area contributed by atoms with Gasteiger partial charge in [0.25, 0.3) is 5.78 Å². The van der Waals surface area contributed by atoms with E-state index in [1.165, 1.54) is 43.0 Å². The number of carbonyl (C=O) groups excluding carboxylic acids is 2. The van der Waals surface area contributed by atoms with Gasteiger partial charge in [-0.3, -0.25) is 14.5 Å². The number of aromatic nitrogens is 2. The lowest BCUT2D eigenvalue weighted by molar-refractivity contribution is -0.132. The molecule has 49 heavy (non-hydrogen) atoms. The quantitative estimate of drug-likeness (QED) is 0.0324. The predicted molar refractivity (Wildman–Crippen MR) is 189 cm³/mol. The van der Waals surface area contributed by atoms with Gasteiger partial charge in [0.1, 0.15) is 5.76 Å². The highest BCUT2D eigenvalue weighted by Crippen LogP contribution is 2.46. The van der Waals surface area contributed by atoms with Gasteiger partial charge in [0.15, 0.2) is 27.4 Å². The third-order valence-corrected chi connectivity index (χ3v) is 10.3. The van der Waals surface area contributed by atoms with Crippen molar-refractivity contribution in [3.05, 3.63) is 107 Å². The van der Waals surface area contributed by atoms with Gasteiger partial charge in [0.05, 0.1) is 32.4 Å². The first kappa shape index (κ1) is 33.9. The van der Waals surface area contributed by atoms with E-state index in [2.05, 4.69) is 41.4 Å². The Bertz CT molecular complexity index is 2040. The molecule has 0 bridgehead atoms. The zero-order valence-corrected chi connectivity index (χ0v) is 28.8. The van der Waals surface area contributed by atoms with Crippen LogP contribution in [0.1, 0.15) is 48.9 Å². The van der Waals surface area contributed by atoms with Gasteiger partial charge in [-0.2, -0.15) is 0 Å². The van der Waals surface area contributed by atoms with E-state index in [4.69, 9.17) is 14.2 Å². The van der Waals surface area contributed by atoms with Gasteiger partial charge in [-0.25, -0.2) is 4.39 Å². The number of halogens is 1. The lowest BCUT2D eigenvalue weighted by Crippen LogP contribution is -2.29. The second-order valence-electron chi connectivity index (χ2n) is 11.3. The summed E-state index contributed by atoms with van der Waals surface area (Å²) in [5, 5.41) is 22.6. The number of rotatable bonds is 13. The topological polar surface area (TPSA) is 111 Å². The molecule has 9 nitrogen and oxygen atoms in total. The number of carbonyl (C=O) groups is 2. The normalized spacial score (nSPS) is 15.6. The molecule has 5 aromatic rings. The van der Waals surface area contributed by atoms with Crippen molar-refractivity contribution < 1.29 is 33.3 Å². The Labute approximate surface area is 291 Å². The summed E-state index contributed by atoms with van der Waals surface area (Å²) in [6.07, 6.45) is 2.94. The molecule has 1 aliphatic rings. The first-order valence-electron chi connectivity index (χ1n) is 15.7. The van der Waals surface area contributed by atoms with Crippen LogP contribution < -0.4 is 19.1 Å². The highest BCUT2D eigenvalue weighted by atomic mass is 32.2. The van der Waals surface area contributed by atoms with Crippen molar-refractivity contribution in [3.63, 3.8) is 0 Å². The standard InChI is InChI=1S/C37H34FN3O6S2/c1-4-5-8-18-47-29-17-14-23(20-30(29)46-3)32-31(33(42)24-15-16-28(45-2)27(38)19-24)34(43)35(44)41(32)36-39-40-37(49-36)48-21-25-12-9-11-22-10-6-7-13-26(22)25/h6-7,9-17,19-20,32,42H,4-5,8,18,21H2,1-3H3/b33-31+. The molecule has 1 aliphatic heterocycles. The molecule has 0 spiro atoms. The summed E-state index contributed by atoms with van der Waals surface area (Å²) < 4.78 is 32.0. The zero-order valence-electron chi connectivity index (χ0n) is 27.1. The van der Waals surface area contributed by atoms with Crippen LogP contribution in [0.25, 0.3) is 16.5 Å². The molecule has 1 unspecified atom stereocenters. The van der Waals surface area contributed by atoms with Crippen LogP contribution in [0.4, 0.5) is 9.52 Å². The van der Waals surface area contributed by atoms with Crippen LogP contribution in [-0.2, 0) is 15.3 Å². The number of thioether (sulfide) groups is 1. The van der Waals surface area contributed by atoms with Crippen molar-refractivity contribution in [1.82, 2.24) is 10.2 Å². The number of nitrogens with zero attached hydrogens (tertiary/aromatic N) is 3. The summed E-state index contributed by atoms with van der Waals surface area (Å²) in [5.74, 6) is -1.66. The van der Waals surface area contributed by atoms with Crippen LogP contribution in [0.5, 0.6) is 17.2 Å². The number of aliphatic hydroxyl groups excluding tert-OH is 1. The van der Waals surface area contributed by atoms with Gasteiger partial charge < -0.3 is 19.3 Å². The second-order valence-corrected chi connectivity index (χ2v) is 13.4. The highest BCUT2D eigenvalue weighted by Gasteiger charge is 2.48. The molecule has 0 aliphatic carbocycles. The third-order valence-electron chi connectivity index (χ3n) is 8.21. The molecule has 4 aromatic carbocycles. The van der Waals surface area contributed by atoms with Crippen LogP contribution in [0.2, 0.25) is 0 Å². The molecule has 2 heterocycles. The van der Waals surface area contributed by atoms with Crippen molar-refractivity contribution in [3.8, 4) is 17.2 Å². The van der Waals surface area contributed by atoms with Gasteiger partial charge >= 0.3 is 5.91 Å². The van der Waals surface area contributed by atoms with Crippen molar-refractivity contribution in [1.29, 1.82) is 0 Å². The molecule has 1 N–H and O–H groups in total. The number of unbranched alkanes of at least 4 members (excludes halogenated alkanes) is 2. The Kier molecular flexibility index (Phi) is 10.4. The largest absolute Gasteiger partial charge is 0.507 e. The maximum atomic E-state index is 14.7. The van der Waals surface area contributed by atoms with E-state index in [0.717, 1.165) is 53.0 Å². The molecule has 1 atom stereocenters. The molecule has 0 saturated carbocycles. The van der Waals surface area contributed by atoms with Gasteiger partial charge in [-0.15, -0.1) is 10.2 Å². The van der Waals surface area contributed by atoms with Crippen molar-refractivity contribution in [2.75, 3.05) is 25.7 Å². The number of anilines is 1. The third kappa shape index (κ3) is 6.97. The van der Waals surface area contributed by atoms with E-state index in [1.807, 2.05) is 18.2 Å². The Balaban J connectivity index is 1.38. The lowest BCUT2D eigenvalue weighted by Gasteiger charge is -2.23. The number of benzene rings is 4. The van der Waals surface area contributed by atoms with Crippen LogP contribution in [0.15, 0.2) is 88.8 Å². The van der Waals surface area contributed by atoms with E-state index in [9.17, 15) is 19.1 Å². The number of ketones is 1. The number of Topliss-reactive ketones (excluding diaryl/α,β-unsaturated/α-hetero) is 1. The van der Waals surface area contributed by atoms with E-state index >= 15 is 0 Å². The van der Waals surface area contributed by atoms with Gasteiger partial charge in [0.2, 0.25) is 5.13 Å². The fourth-order valence-electron chi connectivity index (χ4n) is 5.74. The molecule has 252 valence electrons. The summed E-state index contributed by atoms with van der Waals surface area (Å²) in [6.45, 7) is 2.60. The van der Waals surface area contributed by atoms with E-state index < -0.39 is 29.3 Å². The number of ether oxygens (including phenoxy) is 3. The van der Waals surface area contributed by atoms with Crippen LogP contribution in [0.3, 0.4) is 0 Å². The van der Waals surface area contributed by atoms with Gasteiger partial charge in [0, 0.05) is 11.3 Å². The number of methoxy groups -OCH3 is 2. The molecular weight excluding hydrogens is 666 g/mol. The fourth-order valence-corrected chi connectivity index (χ4v) is 7.61. The molecule has 12 heteroatoms. The minimum atomic E-state index is -1.13. The van der Waals surface area contributed by atoms with E-state index in [-0.39, 0.29) is 22.0 Å². The number of hydrogen-bond donors (Lipinski definition) is 1. The summed E-state index contributed by atoms with van der Waals surface area (Å²) in [4.78, 5) is 28.7. The molecule has 0 radical (unpaired) electrons. The Morgan fingerprint density at radius 1 is 0.939 bits per heavy atom. The minimum absolute atomic E-state index is 0.00717.